The van der Waals surface area contributed by atoms with Crippen molar-refractivity contribution in [2.45, 2.75) is 39.5 Å². The molecule has 1 heterocycles. The molecule has 124 valence electrons. The predicted molar refractivity (Wildman–Crippen MR) is 90.4 cm³/mol. The maximum absolute atomic E-state index is 12.6. The molecule has 0 aromatic heterocycles. The minimum atomic E-state index is 0.0843. The Balaban J connectivity index is 1.58. The van der Waals surface area contributed by atoms with Crippen molar-refractivity contribution in [3.05, 3.63) is 34.9 Å². The third-order valence-corrected chi connectivity index (χ3v) is 5.34. The summed E-state index contributed by atoms with van der Waals surface area (Å²) in [5.74, 6) is 0.624. The molecule has 0 spiro atoms. The van der Waals surface area contributed by atoms with Crippen LogP contribution in [0.3, 0.4) is 0 Å². The van der Waals surface area contributed by atoms with Gasteiger partial charge in [-0.3, -0.25) is 9.59 Å². The van der Waals surface area contributed by atoms with E-state index in [1.807, 2.05) is 34.9 Å². The zero-order valence-electron chi connectivity index (χ0n) is 14.2. The summed E-state index contributed by atoms with van der Waals surface area (Å²) in [7, 11) is 0. The van der Waals surface area contributed by atoms with Gasteiger partial charge in [-0.1, -0.05) is 18.9 Å². The molecule has 23 heavy (non-hydrogen) atoms. The van der Waals surface area contributed by atoms with Crippen LogP contribution in [0.4, 0.5) is 0 Å². The average Bonchev–Trinajstić information content (AvgIpc) is 3.11. The highest BCUT2D eigenvalue weighted by Crippen LogP contribution is 2.27. The molecule has 1 saturated carbocycles. The summed E-state index contributed by atoms with van der Waals surface area (Å²) in [5.41, 5.74) is 3.10. The van der Waals surface area contributed by atoms with E-state index in [4.69, 9.17) is 0 Å². The van der Waals surface area contributed by atoms with Crippen LogP contribution in [-0.4, -0.2) is 47.8 Å². The Morgan fingerprint density at radius 2 is 1.52 bits per heavy atom. The normalized spacial score (nSPS) is 19.2. The number of carbonyl (C=O) groups excluding carboxylic acids is 2. The smallest absolute Gasteiger partial charge is 0.253 e. The lowest BCUT2D eigenvalue weighted by Gasteiger charge is -2.36. The molecule has 4 nitrogen and oxygen atoms in total. The standard InChI is InChI=1S/C19H26N2O2/c1-14-7-8-17(13-15(14)2)19(23)21-11-9-20(10-12-21)18(22)16-5-3-4-6-16/h7-8,13,16H,3-6,9-12H2,1-2H3. The lowest BCUT2D eigenvalue weighted by Crippen LogP contribution is -2.51. The van der Waals surface area contributed by atoms with E-state index in [1.54, 1.807) is 0 Å². The van der Waals surface area contributed by atoms with Crippen molar-refractivity contribution in [3.8, 4) is 0 Å². The summed E-state index contributed by atoms with van der Waals surface area (Å²) in [6.07, 6.45) is 4.45. The fourth-order valence-electron chi connectivity index (χ4n) is 3.62. The van der Waals surface area contributed by atoms with E-state index in [0.29, 0.717) is 32.1 Å². The van der Waals surface area contributed by atoms with Gasteiger partial charge >= 0.3 is 0 Å². The minimum absolute atomic E-state index is 0.0843. The van der Waals surface area contributed by atoms with Crippen molar-refractivity contribution >= 4 is 11.8 Å². The van der Waals surface area contributed by atoms with E-state index in [2.05, 4.69) is 6.92 Å². The molecule has 0 bridgehead atoms. The van der Waals surface area contributed by atoms with Crippen molar-refractivity contribution in [2.75, 3.05) is 26.2 Å². The fraction of sp³-hybridized carbons (Fsp3) is 0.579. The Kier molecular flexibility index (Phi) is 4.69. The fourth-order valence-corrected chi connectivity index (χ4v) is 3.62. The van der Waals surface area contributed by atoms with E-state index in [1.165, 1.54) is 18.4 Å². The van der Waals surface area contributed by atoms with Crippen LogP contribution in [0.25, 0.3) is 0 Å². The molecule has 2 amide bonds. The summed E-state index contributed by atoms with van der Waals surface area (Å²) < 4.78 is 0. The quantitative estimate of drug-likeness (QED) is 0.842. The number of amides is 2. The maximum atomic E-state index is 12.6. The van der Waals surface area contributed by atoms with Gasteiger partial charge in [-0.25, -0.2) is 0 Å². The van der Waals surface area contributed by atoms with Gasteiger partial charge in [0, 0.05) is 37.7 Å². The molecule has 0 N–H and O–H groups in total. The van der Waals surface area contributed by atoms with Crippen molar-refractivity contribution < 1.29 is 9.59 Å². The molecule has 1 aromatic carbocycles. The van der Waals surface area contributed by atoms with Gasteiger partial charge in [0.05, 0.1) is 0 Å². The summed E-state index contributed by atoms with van der Waals surface area (Å²) in [6, 6.07) is 5.87. The molecule has 1 aliphatic carbocycles. The van der Waals surface area contributed by atoms with Crippen LogP contribution < -0.4 is 0 Å². The van der Waals surface area contributed by atoms with Crippen molar-refractivity contribution in [2.24, 2.45) is 5.92 Å². The van der Waals surface area contributed by atoms with Crippen molar-refractivity contribution in [1.82, 2.24) is 9.80 Å². The van der Waals surface area contributed by atoms with Crippen LogP contribution in [0.15, 0.2) is 18.2 Å². The number of rotatable bonds is 2. The molecule has 1 saturated heterocycles. The molecule has 0 unspecified atom stereocenters. The Bertz CT molecular complexity index is 597. The van der Waals surface area contributed by atoms with E-state index in [-0.39, 0.29) is 11.8 Å². The van der Waals surface area contributed by atoms with Gasteiger partial charge in [0.25, 0.3) is 5.91 Å². The largest absolute Gasteiger partial charge is 0.339 e. The predicted octanol–water partition coefficient (Wildman–Crippen LogP) is 2.78. The number of piperazine rings is 1. The molecular formula is C19H26N2O2. The Labute approximate surface area is 138 Å². The van der Waals surface area contributed by atoms with Crippen LogP contribution in [0.1, 0.15) is 47.2 Å². The van der Waals surface area contributed by atoms with Gasteiger partial charge in [0.15, 0.2) is 0 Å². The maximum Gasteiger partial charge on any atom is 0.253 e. The number of hydrogen-bond acceptors (Lipinski definition) is 2. The lowest BCUT2D eigenvalue weighted by molar-refractivity contribution is -0.136. The molecule has 3 rings (SSSR count). The van der Waals surface area contributed by atoms with Crippen LogP contribution in [0.2, 0.25) is 0 Å². The molecule has 2 aliphatic rings. The van der Waals surface area contributed by atoms with E-state index in [9.17, 15) is 9.59 Å². The minimum Gasteiger partial charge on any atom is -0.339 e. The summed E-state index contributed by atoms with van der Waals surface area (Å²) >= 11 is 0. The van der Waals surface area contributed by atoms with Gasteiger partial charge in [-0.2, -0.15) is 0 Å². The number of carbonyl (C=O) groups is 2. The van der Waals surface area contributed by atoms with Crippen LogP contribution in [0, 0.1) is 19.8 Å². The molecule has 1 aromatic rings. The van der Waals surface area contributed by atoms with Crippen LogP contribution in [-0.2, 0) is 4.79 Å². The lowest BCUT2D eigenvalue weighted by atomic mass is 10.0. The Hall–Kier alpha value is -1.84. The average molecular weight is 314 g/mol. The molecule has 2 fully saturated rings. The molecule has 0 atom stereocenters. The topological polar surface area (TPSA) is 40.6 Å². The first-order valence-corrected chi connectivity index (χ1v) is 8.71. The monoisotopic (exact) mass is 314 g/mol. The highest BCUT2D eigenvalue weighted by atomic mass is 16.2. The highest BCUT2D eigenvalue weighted by Gasteiger charge is 2.30. The highest BCUT2D eigenvalue weighted by molar-refractivity contribution is 5.94. The molecular weight excluding hydrogens is 288 g/mol. The summed E-state index contributed by atoms with van der Waals surface area (Å²) in [4.78, 5) is 28.9. The Morgan fingerprint density at radius 1 is 0.913 bits per heavy atom. The third-order valence-electron chi connectivity index (χ3n) is 5.34. The second-order valence-corrected chi connectivity index (χ2v) is 6.90. The van der Waals surface area contributed by atoms with Gasteiger partial charge < -0.3 is 9.80 Å². The molecule has 4 heteroatoms. The van der Waals surface area contributed by atoms with Crippen molar-refractivity contribution in [3.63, 3.8) is 0 Å². The number of nitrogens with zero attached hydrogens (tertiary/aromatic N) is 2. The van der Waals surface area contributed by atoms with Crippen molar-refractivity contribution in [1.29, 1.82) is 0 Å². The van der Waals surface area contributed by atoms with Gasteiger partial charge in [0.2, 0.25) is 5.91 Å². The van der Waals surface area contributed by atoms with Crippen LogP contribution >= 0.6 is 0 Å². The van der Waals surface area contributed by atoms with Gasteiger partial charge in [0.1, 0.15) is 0 Å². The Morgan fingerprint density at radius 3 is 2.13 bits per heavy atom. The first kappa shape index (κ1) is 16.0. The SMILES string of the molecule is Cc1ccc(C(=O)N2CCN(C(=O)C3CCCC3)CC2)cc1C. The van der Waals surface area contributed by atoms with Crippen LogP contribution in [0.5, 0.6) is 0 Å². The third kappa shape index (κ3) is 3.41. The summed E-state index contributed by atoms with van der Waals surface area (Å²) in [5, 5.41) is 0. The molecule has 0 radical (unpaired) electrons. The van der Waals surface area contributed by atoms with Gasteiger partial charge in [-0.05, 0) is 49.9 Å². The van der Waals surface area contributed by atoms with E-state index < -0.39 is 0 Å². The summed E-state index contributed by atoms with van der Waals surface area (Å²) in [6.45, 7) is 6.72. The first-order valence-electron chi connectivity index (χ1n) is 8.71. The zero-order valence-corrected chi connectivity index (χ0v) is 14.2. The number of hydrogen-bond donors (Lipinski definition) is 0. The second-order valence-electron chi connectivity index (χ2n) is 6.90. The molecule has 1 aliphatic heterocycles. The zero-order chi connectivity index (χ0) is 16.4. The first-order chi connectivity index (χ1) is 11.1. The van der Waals surface area contributed by atoms with E-state index >= 15 is 0 Å². The number of benzene rings is 1. The van der Waals surface area contributed by atoms with E-state index in [0.717, 1.165) is 24.0 Å². The van der Waals surface area contributed by atoms with Gasteiger partial charge in [-0.15, -0.1) is 0 Å². The number of aryl methyl sites for hydroxylation is 2. The second kappa shape index (κ2) is 6.73.